The van der Waals surface area contributed by atoms with Gasteiger partial charge in [0.15, 0.2) is 0 Å². The number of ether oxygens (including phenoxy) is 2. The summed E-state index contributed by atoms with van der Waals surface area (Å²) in [7, 11) is 0. The fourth-order valence-electron chi connectivity index (χ4n) is 3.70. The lowest BCUT2D eigenvalue weighted by molar-refractivity contribution is -0.137. The van der Waals surface area contributed by atoms with Crippen LogP contribution in [0.25, 0.3) is 21.7 Å². The molecule has 3 aromatic carbocycles. The Hall–Kier alpha value is -4.13. The van der Waals surface area contributed by atoms with Crippen molar-refractivity contribution in [3.8, 4) is 5.75 Å². The van der Waals surface area contributed by atoms with Crippen LogP contribution in [0.15, 0.2) is 82.0 Å². The SMILES string of the molecule is CC(C)C[C@H](NC(=O)OCc1ccccc1)C(=O)Oc1ccc2c(c1)oc(=O)c1ccccc12. The number of esters is 1. The van der Waals surface area contributed by atoms with Crippen LogP contribution in [0.4, 0.5) is 4.79 Å². The van der Waals surface area contributed by atoms with Crippen molar-refractivity contribution < 1.29 is 23.5 Å². The highest BCUT2D eigenvalue weighted by atomic mass is 16.6. The van der Waals surface area contributed by atoms with Crippen molar-refractivity contribution in [1.82, 2.24) is 5.32 Å². The molecule has 7 nitrogen and oxygen atoms in total. The van der Waals surface area contributed by atoms with E-state index in [4.69, 9.17) is 13.9 Å². The smallest absolute Gasteiger partial charge is 0.408 e. The van der Waals surface area contributed by atoms with Gasteiger partial charge in [0.2, 0.25) is 0 Å². The molecule has 0 saturated heterocycles. The molecule has 174 valence electrons. The summed E-state index contributed by atoms with van der Waals surface area (Å²) in [5.74, 6) is -0.301. The minimum Gasteiger partial charge on any atom is -0.445 e. The molecule has 0 spiro atoms. The van der Waals surface area contributed by atoms with Gasteiger partial charge in [-0.3, -0.25) is 0 Å². The van der Waals surface area contributed by atoms with E-state index in [0.717, 1.165) is 16.3 Å². The maximum atomic E-state index is 12.9. The van der Waals surface area contributed by atoms with E-state index in [9.17, 15) is 14.4 Å². The molecule has 0 aliphatic heterocycles. The maximum absolute atomic E-state index is 12.9. The van der Waals surface area contributed by atoms with Crippen molar-refractivity contribution in [2.24, 2.45) is 5.92 Å². The van der Waals surface area contributed by atoms with Gasteiger partial charge in [-0.05, 0) is 41.5 Å². The number of nitrogens with one attached hydrogen (secondary N) is 1. The Balaban J connectivity index is 1.49. The fourth-order valence-corrected chi connectivity index (χ4v) is 3.70. The van der Waals surface area contributed by atoms with Crippen LogP contribution < -0.4 is 15.7 Å². The maximum Gasteiger partial charge on any atom is 0.408 e. The molecular weight excluding hydrogens is 434 g/mol. The molecule has 4 aromatic rings. The summed E-state index contributed by atoms with van der Waals surface area (Å²) in [6, 6.07) is 20.4. The Labute approximate surface area is 196 Å². The van der Waals surface area contributed by atoms with Crippen LogP contribution in [-0.4, -0.2) is 18.1 Å². The lowest BCUT2D eigenvalue weighted by atomic mass is 10.0. The van der Waals surface area contributed by atoms with Crippen molar-refractivity contribution >= 4 is 33.8 Å². The van der Waals surface area contributed by atoms with Crippen LogP contribution in [-0.2, 0) is 16.1 Å². The molecule has 1 atom stereocenters. The standard InChI is InChI=1S/C27H25NO6/c1-17(2)14-23(28-27(31)32-16-18-8-4-3-5-9-18)26(30)33-19-12-13-21-20-10-6-7-11-22(20)25(29)34-24(21)15-19/h3-13,15,17,23H,14,16H2,1-2H3,(H,28,31)/t23-/m0/s1. The number of fused-ring (bicyclic) bond motifs is 3. The number of alkyl carbamates (subject to hydrolysis) is 1. The van der Waals surface area contributed by atoms with Crippen molar-refractivity contribution in [2.75, 3.05) is 0 Å². The van der Waals surface area contributed by atoms with E-state index in [1.807, 2.05) is 56.3 Å². The number of rotatable bonds is 7. The Morgan fingerprint density at radius 2 is 1.62 bits per heavy atom. The number of hydrogen-bond acceptors (Lipinski definition) is 6. The summed E-state index contributed by atoms with van der Waals surface area (Å²) >= 11 is 0. The third-order valence-corrected chi connectivity index (χ3v) is 5.31. The third kappa shape index (κ3) is 5.43. The van der Waals surface area contributed by atoms with E-state index < -0.39 is 23.7 Å². The summed E-state index contributed by atoms with van der Waals surface area (Å²) in [6.07, 6.45) is -0.338. The molecule has 1 aromatic heterocycles. The minimum atomic E-state index is -0.900. The van der Waals surface area contributed by atoms with Gasteiger partial charge >= 0.3 is 17.7 Å². The van der Waals surface area contributed by atoms with Crippen LogP contribution >= 0.6 is 0 Å². The summed E-state index contributed by atoms with van der Waals surface area (Å²) < 4.78 is 16.2. The lowest BCUT2D eigenvalue weighted by Gasteiger charge is -2.19. The van der Waals surface area contributed by atoms with Gasteiger partial charge < -0.3 is 19.2 Å². The van der Waals surface area contributed by atoms with Gasteiger partial charge in [-0.2, -0.15) is 0 Å². The monoisotopic (exact) mass is 459 g/mol. The second-order valence-corrected chi connectivity index (χ2v) is 8.40. The second kappa shape index (κ2) is 10.2. The van der Waals surface area contributed by atoms with E-state index in [1.54, 1.807) is 24.3 Å². The molecule has 0 fully saturated rings. The highest BCUT2D eigenvalue weighted by Crippen LogP contribution is 2.26. The average Bonchev–Trinajstić information content (AvgIpc) is 2.83. The Bertz CT molecular complexity index is 1380. The highest BCUT2D eigenvalue weighted by Gasteiger charge is 2.25. The summed E-state index contributed by atoms with van der Waals surface area (Å²) in [6.45, 7) is 3.97. The first-order valence-corrected chi connectivity index (χ1v) is 11.0. The first-order chi connectivity index (χ1) is 16.4. The molecule has 0 radical (unpaired) electrons. The molecule has 0 bridgehead atoms. The zero-order chi connectivity index (χ0) is 24.1. The summed E-state index contributed by atoms with van der Waals surface area (Å²) in [5.41, 5.74) is 0.683. The Kier molecular flexibility index (Phi) is 6.92. The van der Waals surface area contributed by atoms with E-state index >= 15 is 0 Å². The quantitative estimate of drug-likeness (QED) is 0.177. The number of benzene rings is 3. The topological polar surface area (TPSA) is 94.8 Å². The van der Waals surface area contributed by atoms with Crippen molar-refractivity contribution in [2.45, 2.75) is 32.9 Å². The molecule has 1 heterocycles. The fraction of sp³-hybridized carbons (Fsp3) is 0.222. The Morgan fingerprint density at radius 3 is 2.35 bits per heavy atom. The van der Waals surface area contributed by atoms with Crippen molar-refractivity contribution in [1.29, 1.82) is 0 Å². The van der Waals surface area contributed by atoms with E-state index in [2.05, 4.69) is 5.32 Å². The van der Waals surface area contributed by atoms with Crippen LogP contribution in [0.5, 0.6) is 5.75 Å². The molecule has 34 heavy (non-hydrogen) atoms. The van der Waals surface area contributed by atoms with Crippen molar-refractivity contribution in [3.05, 3.63) is 88.8 Å². The largest absolute Gasteiger partial charge is 0.445 e. The lowest BCUT2D eigenvalue weighted by Crippen LogP contribution is -2.44. The van der Waals surface area contributed by atoms with Gasteiger partial charge in [-0.1, -0.05) is 62.4 Å². The normalized spacial score (nSPS) is 12.0. The molecular formula is C27H25NO6. The van der Waals surface area contributed by atoms with Gasteiger partial charge in [0.05, 0.1) is 5.39 Å². The van der Waals surface area contributed by atoms with E-state index in [-0.39, 0.29) is 18.3 Å². The second-order valence-electron chi connectivity index (χ2n) is 8.40. The number of hydrogen-bond donors (Lipinski definition) is 1. The molecule has 0 unspecified atom stereocenters. The average molecular weight is 459 g/mol. The van der Waals surface area contributed by atoms with Crippen molar-refractivity contribution in [3.63, 3.8) is 0 Å². The summed E-state index contributed by atoms with van der Waals surface area (Å²) in [5, 5.41) is 4.57. The summed E-state index contributed by atoms with van der Waals surface area (Å²) in [4.78, 5) is 37.5. The zero-order valence-electron chi connectivity index (χ0n) is 18.9. The predicted molar refractivity (Wildman–Crippen MR) is 129 cm³/mol. The predicted octanol–water partition coefficient (Wildman–Crippen LogP) is 5.19. The highest BCUT2D eigenvalue weighted by molar-refractivity contribution is 6.04. The molecule has 1 N–H and O–H groups in total. The molecule has 1 amide bonds. The number of amides is 1. The first-order valence-electron chi connectivity index (χ1n) is 11.0. The van der Waals surface area contributed by atoms with Gasteiger partial charge in [-0.15, -0.1) is 0 Å². The van der Waals surface area contributed by atoms with Crippen LogP contribution in [0.1, 0.15) is 25.8 Å². The minimum absolute atomic E-state index is 0.0911. The zero-order valence-corrected chi connectivity index (χ0v) is 18.9. The molecule has 0 saturated carbocycles. The van der Waals surface area contributed by atoms with Crippen LogP contribution in [0, 0.1) is 5.92 Å². The van der Waals surface area contributed by atoms with Gasteiger partial charge in [-0.25, -0.2) is 14.4 Å². The van der Waals surface area contributed by atoms with Gasteiger partial charge in [0.1, 0.15) is 24.0 Å². The first kappa shape index (κ1) is 23.0. The van der Waals surface area contributed by atoms with Gasteiger partial charge in [0.25, 0.3) is 0 Å². The molecule has 4 rings (SSSR count). The number of carbonyl (C=O) groups is 2. The third-order valence-electron chi connectivity index (χ3n) is 5.31. The molecule has 7 heteroatoms. The number of carbonyl (C=O) groups excluding carboxylic acids is 2. The molecule has 0 aliphatic rings. The van der Waals surface area contributed by atoms with Gasteiger partial charge in [0, 0.05) is 11.5 Å². The van der Waals surface area contributed by atoms with Crippen LogP contribution in [0.2, 0.25) is 0 Å². The molecule has 0 aliphatic carbocycles. The van der Waals surface area contributed by atoms with E-state index in [0.29, 0.717) is 17.4 Å². The van der Waals surface area contributed by atoms with Crippen LogP contribution in [0.3, 0.4) is 0 Å². The van der Waals surface area contributed by atoms with E-state index in [1.165, 1.54) is 6.07 Å². The Morgan fingerprint density at radius 1 is 0.912 bits per heavy atom.